The minimum absolute atomic E-state index is 0.690. The lowest BCUT2D eigenvalue weighted by atomic mass is 10.3. The molecule has 2 aromatic rings. The van der Waals surface area contributed by atoms with Gasteiger partial charge >= 0.3 is 0 Å². The first-order valence-electron chi connectivity index (χ1n) is 5.13. The van der Waals surface area contributed by atoms with Crippen LogP contribution in [0.5, 0.6) is 0 Å². The van der Waals surface area contributed by atoms with Gasteiger partial charge in [0, 0.05) is 5.02 Å². The Labute approximate surface area is 104 Å². The van der Waals surface area contributed by atoms with Crippen LogP contribution in [0.2, 0.25) is 5.02 Å². The predicted octanol–water partition coefficient (Wildman–Crippen LogP) is 1.72. The molecule has 86 valence electrons. The van der Waals surface area contributed by atoms with Crippen molar-refractivity contribution in [3.05, 3.63) is 23.2 Å². The highest BCUT2D eigenvalue weighted by Crippen LogP contribution is 2.24. The summed E-state index contributed by atoms with van der Waals surface area (Å²) in [6.07, 6.45) is 0. The molecule has 3 nitrogen and oxygen atoms in total. The molecular weight excluding hydrogens is 244 g/mol. The molecule has 0 aliphatic carbocycles. The summed E-state index contributed by atoms with van der Waals surface area (Å²) < 4.78 is 5.59. The number of halogens is 1. The van der Waals surface area contributed by atoms with Crippen LogP contribution in [0.25, 0.3) is 11.1 Å². The molecule has 0 atom stereocenters. The van der Waals surface area contributed by atoms with Gasteiger partial charge in [0.05, 0.1) is 26.4 Å². The van der Waals surface area contributed by atoms with Gasteiger partial charge in [-0.2, -0.15) is 0 Å². The number of oxazole rings is 1. The second-order valence-corrected chi connectivity index (χ2v) is 5.38. The van der Waals surface area contributed by atoms with Gasteiger partial charge in [0.1, 0.15) is 5.52 Å². The lowest BCUT2D eigenvalue weighted by Crippen LogP contribution is -3.06. The molecule has 1 aromatic carbocycles. The van der Waals surface area contributed by atoms with Crippen molar-refractivity contribution in [1.29, 1.82) is 0 Å². The van der Waals surface area contributed by atoms with Crippen molar-refractivity contribution in [3.8, 4) is 0 Å². The summed E-state index contributed by atoms with van der Waals surface area (Å²) in [5.74, 6) is 1.00. The zero-order valence-electron chi connectivity index (χ0n) is 9.29. The van der Waals surface area contributed by atoms with E-state index in [-0.39, 0.29) is 0 Å². The molecule has 0 radical (unpaired) electrons. The molecule has 1 N–H and O–H groups in total. The summed E-state index contributed by atoms with van der Waals surface area (Å²) in [6, 6.07) is 5.49. The van der Waals surface area contributed by atoms with Crippen LogP contribution < -0.4 is 4.90 Å². The Bertz CT molecular complexity index is 484. The number of nitrogens with one attached hydrogen (secondary N) is 1. The number of thioether (sulfide) groups is 1. The van der Waals surface area contributed by atoms with Gasteiger partial charge in [-0.15, -0.1) is 0 Å². The number of fused-ring (bicyclic) bond motifs is 1. The van der Waals surface area contributed by atoms with E-state index in [4.69, 9.17) is 16.0 Å². The van der Waals surface area contributed by atoms with Crippen molar-refractivity contribution >= 4 is 34.5 Å². The lowest BCUT2D eigenvalue weighted by Gasteiger charge is -2.03. The van der Waals surface area contributed by atoms with Gasteiger partial charge in [0.15, 0.2) is 5.58 Å². The van der Waals surface area contributed by atoms with Crippen LogP contribution in [0.4, 0.5) is 0 Å². The Hall–Kier alpha value is -0.710. The highest BCUT2D eigenvalue weighted by Gasteiger charge is 2.07. The summed E-state index contributed by atoms with van der Waals surface area (Å²) in [5, 5.41) is 1.41. The van der Waals surface area contributed by atoms with Crippen molar-refractivity contribution in [2.24, 2.45) is 0 Å². The minimum Gasteiger partial charge on any atom is -0.431 e. The van der Waals surface area contributed by atoms with Gasteiger partial charge in [0.2, 0.25) is 0 Å². The van der Waals surface area contributed by atoms with Gasteiger partial charge in [0.25, 0.3) is 5.22 Å². The quantitative estimate of drug-likeness (QED) is 0.846. The maximum absolute atomic E-state index is 5.88. The molecule has 0 saturated heterocycles. The lowest BCUT2D eigenvalue weighted by molar-refractivity contribution is -0.855. The van der Waals surface area contributed by atoms with E-state index in [0.717, 1.165) is 28.6 Å². The molecule has 16 heavy (non-hydrogen) atoms. The summed E-state index contributed by atoms with van der Waals surface area (Å²) in [6.45, 7) is 1.09. The highest BCUT2D eigenvalue weighted by molar-refractivity contribution is 7.99. The van der Waals surface area contributed by atoms with Gasteiger partial charge in [-0.25, -0.2) is 4.98 Å². The molecular formula is C11H14ClN2OS+. The minimum atomic E-state index is 0.690. The molecule has 1 heterocycles. The largest absolute Gasteiger partial charge is 0.431 e. The third kappa shape index (κ3) is 2.90. The number of hydrogen-bond donors (Lipinski definition) is 1. The molecule has 1 aromatic heterocycles. The predicted molar refractivity (Wildman–Crippen MR) is 67.4 cm³/mol. The van der Waals surface area contributed by atoms with Gasteiger partial charge in [-0.05, 0) is 18.2 Å². The van der Waals surface area contributed by atoms with E-state index < -0.39 is 0 Å². The van der Waals surface area contributed by atoms with Crippen molar-refractivity contribution in [2.75, 3.05) is 26.4 Å². The van der Waals surface area contributed by atoms with Crippen molar-refractivity contribution in [1.82, 2.24) is 4.98 Å². The number of aromatic nitrogens is 1. The number of nitrogens with zero attached hydrogens (tertiary/aromatic N) is 1. The normalized spacial score (nSPS) is 11.5. The standard InChI is InChI=1S/C11H13ClN2OS/c1-14(2)5-6-16-11-13-9-7-8(12)3-4-10(9)15-11/h3-4,7H,5-6H2,1-2H3/p+1. The molecule has 5 heteroatoms. The van der Waals surface area contributed by atoms with Crippen molar-refractivity contribution in [3.63, 3.8) is 0 Å². The van der Waals surface area contributed by atoms with Gasteiger partial charge < -0.3 is 9.32 Å². The molecule has 0 saturated carbocycles. The number of benzene rings is 1. The highest BCUT2D eigenvalue weighted by atomic mass is 35.5. The number of hydrogen-bond acceptors (Lipinski definition) is 3. The molecule has 0 spiro atoms. The van der Waals surface area contributed by atoms with Crippen LogP contribution in [0.15, 0.2) is 27.8 Å². The van der Waals surface area contributed by atoms with Crippen molar-refractivity contribution in [2.45, 2.75) is 5.22 Å². The molecule has 0 amide bonds. The Morgan fingerprint density at radius 2 is 2.25 bits per heavy atom. The Balaban J connectivity index is 2.08. The summed E-state index contributed by atoms with van der Waals surface area (Å²) in [5.41, 5.74) is 1.62. The van der Waals surface area contributed by atoms with Crippen LogP contribution in [0, 0.1) is 0 Å². The maximum Gasteiger partial charge on any atom is 0.256 e. The van der Waals surface area contributed by atoms with E-state index in [1.54, 1.807) is 11.8 Å². The topological polar surface area (TPSA) is 30.5 Å². The number of rotatable bonds is 4. The third-order valence-corrected chi connectivity index (χ3v) is 3.22. The van der Waals surface area contributed by atoms with Crippen LogP contribution >= 0.6 is 23.4 Å². The Morgan fingerprint density at radius 1 is 1.44 bits per heavy atom. The summed E-state index contributed by atoms with van der Waals surface area (Å²) in [7, 11) is 4.26. The SMILES string of the molecule is C[NH+](C)CCSc1nc2cc(Cl)ccc2o1. The van der Waals surface area contributed by atoms with Crippen LogP contribution in [-0.4, -0.2) is 31.4 Å². The average Bonchev–Trinajstić information content (AvgIpc) is 2.58. The fourth-order valence-electron chi connectivity index (χ4n) is 1.28. The molecule has 0 aliphatic rings. The van der Waals surface area contributed by atoms with Crippen molar-refractivity contribution < 1.29 is 9.32 Å². The molecule has 0 unspecified atom stereocenters. The molecule has 0 fully saturated rings. The van der Waals surface area contributed by atoms with E-state index in [2.05, 4.69) is 19.1 Å². The van der Waals surface area contributed by atoms with Gasteiger partial charge in [-0.3, -0.25) is 0 Å². The smallest absolute Gasteiger partial charge is 0.256 e. The van der Waals surface area contributed by atoms with Crippen LogP contribution in [-0.2, 0) is 0 Å². The van der Waals surface area contributed by atoms with E-state index in [1.165, 1.54) is 4.90 Å². The zero-order valence-corrected chi connectivity index (χ0v) is 10.9. The number of quaternary nitrogens is 1. The van der Waals surface area contributed by atoms with Gasteiger partial charge in [-0.1, -0.05) is 23.4 Å². The second kappa shape index (κ2) is 5.08. The summed E-state index contributed by atoms with van der Waals surface area (Å²) in [4.78, 5) is 5.80. The Kier molecular flexibility index (Phi) is 3.74. The fourth-order valence-corrected chi connectivity index (χ4v) is 2.45. The maximum atomic E-state index is 5.88. The molecule has 0 aliphatic heterocycles. The van der Waals surface area contributed by atoms with E-state index in [9.17, 15) is 0 Å². The first-order valence-corrected chi connectivity index (χ1v) is 6.49. The first-order chi connectivity index (χ1) is 7.65. The zero-order chi connectivity index (χ0) is 11.5. The van der Waals surface area contributed by atoms with E-state index in [1.807, 2.05) is 18.2 Å². The van der Waals surface area contributed by atoms with Crippen LogP contribution in [0.3, 0.4) is 0 Å². The molecule has 0 bridgehead atoms. The second-order valence-electron chi connectivity index (χ2n) is 3.90. The Morgan fingerprint density at radius 3 is 3.00 bits per heavy atom. The third-order valence-electron chi connectivity index (χ3n) is 2.16. The fraction of sp³-hybridized carbons (Fsp3) is 0.364. The summed E-state index contributed by atoms with van der Waals surface area (Å²) >= 11 is 7.52. The molecule has 2 rings (SSSR count). The first kappa shape index (κ1) is 11.8. The average molecular weight is 258 g/mol. The monoisotopic (exact) mass is 257 g/mol. The van der Waals surface area contributed by atoms with Crippen LogP contribution in [0.1, 0.15) is 0 Å². The van der Waals surface area contributed by atoms with E-state index >= 15 is 0 Å². The van der Waals surface area contributed by atoms with E-state index in [0.29, 0.717) is 5.02 Å².